The Kier molecular flexibility index (Phi) is 5.86. The number of halogens is 2. The van der Waals surface area contributed by atoms with Crippen LogP contribution < -0.4 is 5.43 Å². The topological polar surface area (TPSA) is 88.8 Å². The van der Waals surface area contributed by atoms with Gasteiger partial charge in [0.15, 0.2) is 17.2 Å². The summed E-state index contributed by atoms with van der Waals surface area (Å²) in [6, 6.07) is 2.92. The maximum absolute atomic E-state index is 13.9. The Bertz CT molecular complexity index is 1180. The zero-order valence-corrected chi connectivity index (χ0v) is 18.7. The molecule has 1 aliphatic carbocycles. The third-order valence-corrected chi connectivity index (χ3v) is 6.66. The van der Waals surface area contributed by atoms with E-state index < -0.39 is 40.0 Å². The van der Waals surface area contributed by atoms with E-state index in [0.717, 1.165) is 12.1 Å². The number of aryl methyl sites for hydroxylation is 1. The summed E-state index contributed by atoms with van der Waals surface area (Å²) < 4.78 is 33.9. The second kappa shape index (κ2) is 8.37. The van der Waals surface area contributed by atoms with E-state index in [-0.39, 0.29) is 41.8 Å². The van der Waals surface area contributed by atoms with Crippen molar-refractivity contribution in [2.45, 2.75) is 63.8 Å². The maximum atomic E-state index is 13.9. The molecule has 0 radical (unpaired) electrons. The lowest BCUT2D eigenvalue weighted by atomic mass is 9.70. The molecule has 33 heavy (non-hydrogen) atoms. The van der Waals surface area contributed by atoms with Gasteiger partial charge in [0.25, 0.3) is 5.91 Å². The summed E-state index contributed by atoms with van der Waals surface area (Å²) in [5, 5.41) is 10.6. The molecule has 0 bridgehead atoms. The van der Waals surface area contributed by atoms with Gasteiger partial charge in [0.05, 0.1) is 17.2 Å². The van der Waals surface area contributed by atoms with Crippen molar-refractivity contribution >= 4 is 11.7 Å². The fourth-order valence-electron chi connectivity index (χ4n) is 5.09. The number of carbonyl (C=O) groups is 2. The van der Waals surface area contributed by atoms with Crippen molar-refractivity contribution in [1.29, 1.82) is 0 Å². The molecule has 1 fully saturated rings. The zero-order chi connectivity index (χ0) is 24.1. The molecule has 1 aromatic heterocycles. The predicted octanol–water partition coefficient (Wildman–Crippen LogP) is 3.06. The molecule has 1 saturated carbocycles. The fraction of sp³-hybridized carbons (Fsp3) is 0.458. The van der Waals surface area contributed by atoms with Gasteiger partial charge in [-0.1, -0.05) is 6.07 Å². The molecule has 2 aromatic rings. The zero-order valence-electron chi connectivity index (χ0n) is 18.7. The Morgan fingerprint density at radius 3 is 2.58 bits per heavy atom. The molecular weight excluding hydrogens is 434 g/mol. The molecule has 4 rings (SSSR count). The van der Waals surface area contributed by atoms with Crippen LogP contribution in [0.25, 0.3) is 0 Å². The molecule has 0 atom stereocenters. The van der Waals surface area contributed by atoms with Gasteiger partial charge in [0.1, 0.15) is 11.6 Å². The minimum absolute atomic E-state index is 0.000265. The first kappa shape index (κ1) is 23.1. The summed E-state index contributed by atoms with van der Waals surface area (Å²) >= 11 is 0. The number of ketones is 1. The Morgan fingerprint density at radius 1 is 1.27 bits per heavy atom. The number of fused-ring (bicyclic) bond motifs is 1. The average Bonchev–Trinajstić information content (AvgIpc) is 2.72. The largest absolute Gasteiger partial charge is 0.503 e. The van der Waals surface area contributed by atoms with Gasteiger partial charge in [0, 0.05) is 38.4 Å². The number of Topliss-reactive ketones (excluding diaryl/α,β-unsaturated/α-hetero) is 1. The number of nitrogens with zero attached hydrogens (tertiary/aromatic N) is 2. The van der Waals surface area contributed by atoms with Gasteiger partial charge in [0.2, 0.25) is 5.43 Å². The van der Waals surface area contributed by atoms with Crippen LogP contribution in [0.4, 0.5) is 8.78 Å². The Morgan fingerprint density at radius 2 is 1.97 bits per heavy atom. The van der Waals surface area contributed by atoms with E-state index in [1.54, 1.807) is 12.0 Å². The maximum Gasteiger partial charge on any atom is 0.275 e. The lowest BCUT2D eigenvalue weighted by Crippen LogP contribution is -2.68. The van der Waals surface area contributed by atoms with Crippen LogP contribution in [0.2, 0.25) is 0 Å². The normalized spacial score (nSPS) is 21.9. The number of benzene rings is 1. The van der Waals surface area contributed by atoms with Crippen LogP contribution in [0.1, 0.15) is 59.5 Å². The van der Waals surface area contributed by atoms with E-state index in [1.807, 2.05) is 13.8 Å². The number of rotatable bonds is 6. The molecule has 1 aromatic carbocycles. The van der Waals surface area contributed by atoms with Gasteiger partial charge < -0.3 is 19.3 Å². The molecule has 1 N–H and O–H groups in total. The second-order valence-electron chi connectivity index (χ2n) is 9.12. The number of methoxy groups -OCH3 is 1. The number of amides is 1. The summed E-state index contributed by atoms with van der Waals surface area (Å²) in [5.41, 5.74) is -1.71. The SMILES string of the molecule is COC1CC2(C1)Cn1cc(C(=O)CCc3ccc(F)cc3F)c(=O)c(O)c1C(=O)N2C(C)C. The third kappa shape index (κ3) is 3.84. The summed E-state index contributed by atoms with van der Waals surface area (Å²) in [6.45, 7) is 4.06. The molecule has 2 aliphatic rings. The van der Waals surface area contributed by atoms with Gasteiger partial charge in [-0.15, -0.1) is 0 Å². The Labute approximate surface area is 189 Å². The van der Waals surface area contributed by atoms with E-state index in [1.165, 1.54) is 16.8 Å². The number of aromatic hydroxyl groups is 1. The van der Waals surface area contributed by atoms with Gasteiger partial charge in [-0.2, -0.15) is 0 Å². The first-order valence-electron chi connectivity index (χ1n) is 10.9. The van der Waals surface area contributed by atoms with Gasteiger partial charge in [-0.25, -0.2) is 8.78 Å². The third-order valence-electron chi connectivity index (χ3n) is 6.66. The first-order chi connectivity index (χ1) is 15.6. The highest BCUT2D eigenvalue weighted by molar-refractivity contribution is 6.00. The van der Waals surface area contributed by atoms with E-state index in [9.17, 15) is 28.3 Å². The Hall–Kier alpha value is -3.07. The highest BCUT2D eigenvalue weighted by Gasteiger charge is 2.55. The minimum Gasteiger partial charge on any atom is -0.503 e. The van der Waals surface area contributed by atoms with Crippen LogP contribution in [0.3, 0.4) is 0 Å². The lowest BCUT2D eigenvalue weighted by Gasteiger charge is -2.57. The summed E-state index contributed by atoms with van der Waals surface area (Å²) in [7, 11) is 1.61. The number of pyridine rings is 1. The van der Waals surface area contributed by atoms with Gasteiger partial charge in [-0.3, -0.25) is 14.4 Å². The molecule has 0 unspecified atom stereocenters. The van der Waals surface area contributed by atoms with Crippen molar-refractivity contribution in [1.82, 2.24) is 9.47 Å². The molecule has 1 aliphatic heterocycles. The highest BCUT2D eigenvalue weighted by atomic mass is 19.1. The quantitative estimate of drug-likeness (QED) is 0.670. The van der Waals surface area contributed by atoms with Gasteiger partial charge in [-0.05, 0) is 44.7 Å². The van der Waals surface area contributed by atoms with Crippen molar-refractivity contribution in [3.63, 3.8) is 0 Å². The van der Waals surface area contributed by atoms with E-state index in [4.69, 9.17) is 4.74 Å². The van der Waals surface area contributed by atoms with Crippen LogP contribution in [0.15, 0.2) is 29.2 Å². The standard InChI is InChI=1S/C24H26F2N2O5/c1-13(2)28-23(32)20-22(31)21(30)17(11-27(20)12-24(28)9-16(10-24)33-3)19(29)7-5-14-4-6-15(25)8-18(14)26/h4,6,8,11,13,16,31H,5,7,9-10,12H2,1-3H3. The van der Waals surface area contributed by atoms with Crippen LogP contribution in [-0.2, 0) is 17.7 Å². The average molecular weight is 460 g/mol. The molecule has 9 heteroatoms. The molecule has 1 amide bonds. The fourth-order valence-corrected chi connectivity index (χ4v) is 5.09. The first-order valence-corrected chi connectivity index (χ1v) is 10.9. The number of ether oxygens (including phenoxy) is 1. The lowest BCUT2D eigenvalue weighted by molar-refractivity contribution is -0.101. The molecular formula is C24H26F2N2O5. The summed E-state index contributed by atoms with van der Waals surface area (Å²) in [4.78, 5) is 40.6. The van der Waals surface area contributed by atoms with Crippen molar-refractivity contribution < 1.29 is 28.2 Å². The van der Waals surface area contributed by atoms with Crippen molar-refractivity contribution in [3.8, 4) is 5.75 Å². The van der Waals surface area contributed by atoms with Crippen molar-refractivity contribution in [2.75, 3.05) is 7.11 Å². The Balaban J connectivity index is 1.66. The second-order valence-corrected chi connectivity index (χ2v) is 9.12. The highest BCUT2D eigenvalue weighted by Crippen LogP contribution is 2.45. The van der Waals surface area contributed by atoms with Crippen LogP contribution >= 0.6 is 0 Å². The van der Waals surface area contributed by atoms with Crippen LogP contribution in [-0.4, -0.2) is 51.1 Å². The van der Waals surface area contributed by atoms with Crippen molar-refractivity contribution in [3.05, 3.63) is 63.1 Å². The number of carbonyl (C=O) groups excluding carboxylic acids is 2. The predicted molar refractivity (Wildman–Crippen MR) is 115 cm³/mol. The van der Waals surface area contributed by atoms with E-state index in [0.29, 0.717) is 19.4 Å². The molecule has 1 spiro atoms. The number of aromatic nitrogens is 1. The number of hydrogen-bond acceptors (Lipinski definition) is 5. The minimum atomic E-state index is -0.929. The summed E-state index contributed by atoms with van der Waals surface area (Å²) in [6.07, 6.45) is 2.28. The van der Waals surface area contributed by atoms with Crippen LogP contribution in [0.5, 0.6) is 5.75 Å². The van der Waals surface area contributed by atoms with E-state index >= 15 is 0 Å². The molecule has 176 valence electrons. The van der Waals surface area contributed by atoms with Crippen LogP contribution in [0, 0.1) is 11.6 Å². The molecule has 0 saturated heterocycles. The summed E-state index contributed by atoms with van der Waals surface area (Å²) in [5.74, 6) is -3.31. The molecule has 7 nitrogen and oxygen atoms in total. The van der Waals surface area contributed by atoms with Gasteiger partial charge >= 0.3 is 0 Å². The van der Waals surface area contributed by atoms with E-state index in [2.05, 4.69) is 0 Å². The monoisotopic (exact) mass is 460 g/mol. The number of hydrogen-bond donors (Lipinski definition) is 1. The molecule has 2 heterocycles. The smallest absolute Gasteiger partial charge is 0.275 e. The van der Waals surface area contributed by atoms with Crippen molar-refractivity contribution in [2.24, 2.45) is 0 Å².